The van der Waals surface area contributed by atoms with Crippen molar-refractivity contribution in [3.63, 3.8) is 0 Å². The average molecular weight is 358 g/mol. The SMILES string of the molecule is Nc1cccc(CN2CCN(C(c3ccccc3)c3ccccc3)CC2)c1. The van der Waals surface area contributed by atoms with E-state index in [1.54, 1.807) is 0 Å². The van der Waals surface area contributed by atoms with Gasteiger partial charge in [-0.05, 0) is 28.8 Å². The van der Waals surface area contributed by atoms with Gasteiger partial charge in [-0.15, -0.1) is 0 Å². The highest BCUT2D eigenvalue weighted by Gasteiger charge is 2.26. The Morgan fingerprint density at radius 2 is 1.30 bits per heavy atom. The van der Waals surface area contributed by atoms with Crippen LogP contribution in [0.25, 0.3) is 0 Å². The van der Waals surface area contributed by atoms with E-state index in [0.717, 1.165) is 38.4 Å². The number of nitrogens with two attached hydrogens (primary N) is 1. The normalized spacial score (nSPS) is 15.9. The van der Waals surface area contributed by atoms with Crippen LogP contribution in [-0.4, -0.2) is 36.0 Å². The first-order valence-electron chi connectivity index (χ1n) is 9.70. The smallest absolute Gasteiger partial charge is 0.0602 e. The van der Waals surface area contributed by atoms with Crippen molar-refractivity contribution >= 4 is 5.69 Å². The minimum atomic E-state index is 0.321. The molecule has 138 valence electrons. The van der Waals surface area contributed by atoms with Crippen molar-refractivity contribution < 1.29 is 0 Å². The van der Waals surface area contributed by atoms with E-state index in [2.05, 4.69) is 82.6 Å². The molecular weight excluding hydrogens is 330 g/mol. The molecule has 1 aliphatic heterocycles. The lowest BCUT2D eigenvalue weighted by Crippen LogP contribution is -2.47. The van der Waals surface area contributed by atoms with Gasteiger partial charge >= 0.3 is 0 Å². The third-order valence-corrected chi connectivity index (χ3v) is 5.36. The molecule has 0 unspecified atom stereocenters. The second-order valence-corrected chi connectivity index (χ2v) is 7.28. The van der Waals surface area contributed by atoms with Gasteiger partial charge in [-0.25, -0.2) is 0 Å². The molecule has 3 nitrogen and oxygen atoms in total. The van der Waals surface area contributed by atoms with Crippen LogP contribution in [0.1, 0.15) is 22.7 Å². The fourth-order valence-corrected chi connectivity index (χ4v) is 4.01. The zero-order valence-corrected chi connectivity index (χ0v) is 15.7. The molecule has 0 amide bonds. The van der Waals surface area contributed by atoms with Crippen LogP contribution >= 0.6 is 0 Å². The highest BCUT2D eigenvalue weighted by Crippen LogP contribution is 2.29. The van der Waals surface area contributed by atoms with Gasteiger partial charge in [0, 0.05) is 38.4 Å². The van der Waals surface area contributed by atoms with Gasteiger partial charge in [0.15, 0.2) is 0 Å². The standard InChI is InChI=1S/C24H27N3/c25-23-13-7-8-20(18-23)19-26-14-16-27(17-15-26)24(21-9-3-1-4-10-21)22-11-5-2-6-12-22/h1-13,18,24H,14-17,19,25H2. The Labute approximate surface area is 162 Å². The Morgan fingerprint density at radius 3 is 1.85 bits per heavy atom. The first kappa shape index (κ1) is 17.8. The van der Waals surface area contributed by atoms with Gasteiger partial charge in [-0.2, -0.15) is 0 Å². The summed E-state index contributed by atoms with van der Waals surface area (Å²) in [5.74, 6) is 0. The predicted octanol–water partition coefficient (Wildman–Crippen LogP) is 4.18. The molecule has 0 bridgehead atoms. The van der Waals surface area contributed by atoms with Crippen LogP contribution in [0.15, 0.2) is 84.9 Å². The summed E-state index contributed by atoms with van der Waals surface area (Å²) in [5, 5.41) is 0. The van der Waals surface area contributed by atoms with Crippen molar-refractivity contribution in [1.29, 1.82) is 0 Å². The fourth-order valence-electron chi connectivity index (χ4n) is 4.01. The van der Waals surface area contributed by atoms with Crippen LogP contribution in [0.5, 0.6) is 0 Å². The van der Waals surface area contributed by atoms with Crippen molar-refractivity contribution in [2.24, 2.45) is 0 Å². The number of anilines is 1. The third-order valence-electron chi connectivity index (χ3n) is 5.36. The van der Waals surface area contributed by atoms with Crippen LogP contribution in [-0.2, 0) is 6.54 Å². The lowest BCUT2D eigenvalue weighted by atomic mass is 9.96. The van der Waals surface area contributed by atoms with E-state index in [0.29, 0.717) is 6.04 Å². The molecule has 3 aromatic rings. The molecule has 2 N–H and O–H groups in total. The molecule has 1 heterocycles. The molecule has 0 saturated carbocycles. The molecule has 0 aromatic heterocycles. The van der Waals surface area contributed by atoms with Crippen molar-refractivity contribution in [2.45, 2.75) is 12.6 Å². The first-order chi connectivity index (χ1) is 13.3. The molecule has 0 radical (unpaired) electrons. The quantitative estimate of drug-likeness (QED) is 0.696. The largest absolute Gasteiger partial charge is 0.399 e. The molecule has 1 aliphatic rings. The minimum Gasteiger partial charge on any atom is -0.399 e. The molecule has 1 saturated heterocycles. The van der Waals surface area contributed by atoms with Gasteiger partial charge in [0.05, 0.1) is 6.04 Å². The Morgan fingerprint density at radius 1 is 0.704 bits per heavy atom. The second-order valence-electron chi connectivity index (χ2n) is 7.28. The van der Waals surface area contributed by atoms with Crippen LogP contribution in [0.3, 0.4) is 0 Å². The maximum Gasteiger partial charge on any atom is 0.0602 e. The lowest BCUT2D eigenvalue weighted by Gasteiger charge is -2.40. The summed E-state index contributed by atoms with van der Waals surface area (Å²) in [5.41, 5.74) is 10.8. The highest BCUT2D eigenvalue weighted by atomic mass is 15.3. The van der Waals surface area contributed by atoms with Crippen molar-refractivity contribution in [3.8, 4) is 0 Å². The summed E-state index contributed by atoms with van der Waals surface area (Å²) in [4.78, 5) is 5.14. The molecule has 4 rings (SSSR count). The number of benzene rings is 3. The summed E-state index contributed by atoms with van der Waals surface area (Å²) in [6, 6.07) is 30.3. The van der Waals surface area contributed by atoms with Gasteiger partial charge < -0.3 is 5.73 Å². The minimum absolute atomic E-state index is 0.321. The Balaban J connectivity index is 1.47. The van der Waals surface area contributed by atoms with Crippen molar-refractivity contribution in [3.05, 3.63) is 102 Å². The van der Waals surface area contributed by atoms with Crippen molar-refractivity contribution in [1.82, 2.24) is 9.80 Å². The predicted molar refractivity (Wildman–Crippen MR) is 112 cm³/mol. The Kier molecular flexibility index (Phi) is 5.52. The number of nitrogens with zero attached hydrogens (tertiary/aromatic N) is 2. The molecule has 0 aliphatic carbocycles. The summed E-state index contributed by atoms with van der Waals surface area (Å²) in [6.45, 7) is 5.25. The zero-order chi connectivity index (χ0) is 18.5. The van der Waals surface area contributed by atoms with E-state index in [9.17, 15) is 0 Å². The summed E-state index contributed by atoms with van der Waals surface area (Å²) < 4.78 is 0. The monoisotopic (exact) mass is 357 g/mol. The maximum absolute atomic E-state index is 5.93. The second kappa shape index (κ2) is 8.38. The number of nitrogen functional groups attached to an aromatic ring is 1. The topological polar surface area (TPSA) is 32.5 Å². The highest BCUT2D eigenvalue weighted by molar-refractivity contribution is 5.40. The van der Waals surface area contributed by atoms with E-state index >= 15 is 0 Å². The molecule has 0 atom stereocenters. The van der Waals surface area contributed by atoms with Gasteiger partial charge in [0.2, 0.25) is 0 Å². The van der Waals surface area contributed by atoms with Crippen LogP contribution in [0.2, 0.25) is 0 Å². The van der Waals surface area contributed by atoms with E-state index in [4.69, 9.17) is 5.73 Å². The van der Waals surface area contributed by atoms with E-state index in [-0.39, 0.29) is 0 Å². The molecular formula is C24H27N3. The number of hydrogen-bond donors (Lipinski definition) is 1. The average Bonchev–Trinajstić information content (AvgIpc) is 2.71. The molecule has 27 heavy (non-hydrogen) atoms. The number of rotatable bonds is 5. The van der Waals surface area contributed by atoms with Crippen molar-refractivity contribution in [2.75, 3.05) is 31.9 Å². The fraction of sp³-hybridized carbons (Fsp3) is 0.250. The molecule has 3 heteroatoms. The van der Waals surface area contributed by atoms with Gasteiger partial charge in [0.25, 0.3) is 0 Å². The Hall–Kier alpha value is -2.62. The van der Waals surface area contributed by atoms with E-state index in [1.165, 1.54) is 16.7 Å². The maximum atomic E-state index is 5.93. The lowest BCUT2D eigenvalue weighted by molar-refractivity contribution is 0.105. The molecule has 1 fully saturated rings. The zero-order valence-electron chi connectivity index (χ0n) is 15.7. The Bertz CT molecular complexity index is 800. The van der Waals surface area contributed by atoms with Gasteiger partial charge in [-0.1, -0.05) is 72.8 Å². The van der Waals surface area contributed by atoms with Crippen LogP contribution in [0.4, 0.5) is 5.69 Å². The van der Waals surface area contributed by atoms with Gasteiger partial charge in [0.1, 0.15) is 0 Å². The summed E-state index contributed by atoms with van der Waals surface area (Å²) >= 11 is 0. The summed E-state index contributed by atoms with van der Waals surface area (Å²) in [7, 11) is 0. The third kappa shape index (κ3) is 4.38. The molecule has 0 spiro atoms. The number of hydrogen-bond acceptors (Lipinski definition) is 3. The van der Waals surface area contributed by atoms with Gasteiger partial charge in [-0.3, -0.25) is 9.80 Å². The van der Waals surface area contributed by atoms with Crippen LogP contribution < -0.4 is 5.73 Å². The number of piperazine rings is 1. The van der Waals surface area contributed by atoms with Crippen LogP contribution in [0, 0.1) is 0 Å². The molecule has 3 aromatic carbocycles. The van der Waals surface area contributed by atoms with E-state index in [1.807, 2.05) is 12.1 Å². The van der Waals surface area contributed by atoms with E-state index < -0.39 is 0 Å². The summed E-state index contributed by atoms with van der Waals surface area (Å²) in [6.07, 6.45) is 0. The first-order valence-corrected chi connectivity index (χ1v) is 9.70.